The number of carboxylic acid groups (broad SMARTS) is 1. The van der Waals surface area contributed by atoms with Crippen LogP contribution in [0.1, 0.15) is 30.3 Å². The minimum atomic E-state index is -1.18. The molecule has 0 saturated heterocycles. The van der Waals surface area contributed by atoms with Crippen LogP contribution in [0.2, 0.25) is 0 Å². The molecule has 0 bridgehead atoms. The van der Waals surface area contributed by atoms with Gasteiger partial charge >= 0.3 is 5.97 Å². The summed E-state index contributed by atoms with van der Waals surface area (Å²) in [5.41, 5.74) is -0.540. The number of allylic oxidation sites excluding steroid dienone is 1. The summed E-state index contributed by atoms with van der Waals surface area (Å²) in [6, 6.07) is 1.30. The largest absolute Gasteiger partial charge is 0.487 e. The molecular weight excluding hydrogens is 234 g/mol. The highest BCUT2D eigenvalue weighted by Gasteiger charge is 2.18. The van der Waals surface area contributed by atoms with Crippen molar-refractivity contribution in [1.82, 2.24) is 4.57 Å². The summed E-state index contributed by atoms with van der Waals surface area (Å²) in [6.07, 6.45) is 4.68. The number of nitrogens with zero attached hydrogens (tertiary/aromatic N) is 1. The Labute approximate surface area is 105 Å². The minimum absolute atomic E-state index is 0.0969. The lowest BCUT2D eigenvalue weighted by atomic mass is 10.3. The van der Waals surface area contributed by atoms with E-state index in [4.69, 9.17) is 4.74 Å². The Morgan fingerprint density at radius 3 is 2.89 bits per heavy atom. The summed E-state index contributed by atoms with van der Waals surface area (Å²) >= 11 is 0. The van der Waals surface area contributed by atoms with Crippen molar-refractivity contribution in [2.45, 2.75) is 26.3 Å². The summed E-state index contributed by atoms with van der Waals surface area (Å²) < 4.78 is 6.74. The van der Waals surface area contributed by atoms with E-state index < -0.39 is 11.4 Å². The third kappa shape index (κ3) is 3.23. The van der Waals surface area contributed by atoms with Gasteiger partial charge in [0.25, 0.3) is 0 Å². The average Bonchev–Trinajstić information content (AvgIpc) is 2.33. The number of unbranched alkanes of at least 4 members (excludes halogenated alkanes) is 1. The van der Waals surface area contributed by atoms with Gasteiger partial charge in [-0.25, -0.2) is 4.79 Å². The van der Waals surface area contributed by atoms with Gasteiger partial charge in [-0.3, -0.25) is 4.79 Å². The van der Waals surface area contributed by atoms with E-state index in [0.717, 1.165) is 12.8 Å². The molecule has 0 aromatic carbocycles. The third-order valence-electron chi connectivity index (χ3n) is 2.40. The summed E-state index contributed by atoms with van der Waals surface area (Å²) in [6.45, 7) is 6.19. The molecule has 0 atom stereocenters. The van der Waals surface area contributed by atoms with E-state index >= 15 is 0 Å². The number of pyridine rings is 1. The molecule has 0 saturated carbocycles. The van der Waals surface area contributed by atoms with Crippen LogP contribution in [0.15, 0.2) is 29.7 Å². The molecule has 0 unspecified atom stereocenters. The van der Waals surface area contributed by atoms with Crippen LogP contribution in [0.25, 0.3) is 0 Å². The molecule has 0 amide bonds. The highest BCUT2D eigenvalue weighted by atomic mass is 16.5. The normalized spacial score (nSPS) is 10.1. The summed E-state index contributed by atoms with van der Waals surface area (Å²) in [5, 5.41) is 9.18. The molecule has 1 aromatic heterocycles. The topological polar surface area (TPSA) is 68.5 Å². The quantitative estimate of drug-likeness (QED) is 0.593. The molecule has 1 aromatic rings. The van der Waals surface area contributed by atoms with E-state index in [-0.39, 0.29) is 11.4 Å². The molecule has 1 rings (SSSR count). The molecule has 5 nitrogen and oxygen atoms in total. The molecule has 0 aliphatic heterocycles. The maximum Gasteiger partial charge on any atom is 0.356 e. The van der Waals surface area contributed by atoms with Crippen molar-refractivity contribution in [2.75, 3.05) is 6.61 Å². The van der Waals surface area contributed by atoms with Crippen molar-refractivity contribution in [2.24, 2.45) is 0 Å². The monoisotopic (exact) mass is 251 g/mol. The van der Waals surface area contributed by atoms with Gasteiger partial charge < -0.3 is 14.4 Å². The van der Waals surface area contributed by atoms with Gasteiger partial charge in [0, 0.05) is 18.8 Å². The van der Waals surface area contributed by atoms with Crippen molar-refractivity contribution in [1.29, 1.82) is 0 Å². The van der Waals surface area contributed by atoms with Crippen molar-refractivity contribution in [3.8, 4) is 5.75 Å². The number of aromatic carboxylic acids is 1. The standard InChI is InChI=1S/C13H17NO4/c1-3-5-9-18-12-10(15)6-8-14(7-4-2)11(12)13(16)17/h4,6,8H,2-3,5,7,9H2,1H3,(H,16,17). The van der Waals surface area contributed by atoms with E-state index in [1.165, 1.54) is 16.8 Å². The van der Waals surface area contributed by atoms with Gasteiger partial charge in [0.05, 0.1) is 6.61 Å². The number of carboxylic acids is 1. The SMILES string of the molecule is C=CCn1ccc(=O)c(OCCCC)c1C(=O)O. The first-order valence-electron chi connectivity index (χ1n) is 5.82. The first-order valence-corrected chi connectivity index (χ1v) is 5.82. The molecule has 0 spiro atoms. The lowest BCUT2D eigenvalue weighted by Crippen LogP contribution is -2.20. The van der Waals surface area contributed by atoms with Crippen LogP contribution in [-0.2, 0) is 6.54 Å². The number of aromatic nitrogens is 1. The smallest absolute Gasteiger partial charge is 0.356 e. The van der Waals surface area contributed by atoms with Crippen LogP contribution in [0.4, 0.5) is 0 Å². The van der Waals surface area contributed by atoms with E-state index in [1.54, 1.807) is 6.08 Å². The Kier molecular flexibility index (Phi) is 5.17. The van der Waals surface area contributed by atoms with Gasteiger partial charge in [-0.1, -0.05) is 19.4 Å². The Balaban J connectivity index is 3.18. The van der Waals surface area contributed by atoms with E-state index in [0.29, 0.717) is 13.2 Å². The predicted molar refractivity (Wildman–Crippen MR) is 68.3 cm³/mol. The first-order chi connectivity index (χ1) is 8.61. The molecule has 1 heterocycles. The number of hydrogen-bond donors (Lipinski definition) is 1. The van der Waals surface area contributed by atoms with E-state index in [9.17, 15) is 14.7 Å². The zero-order valence-corrected chi connectivity index (χ0v) is 10.4. The zero-order valence-electron chi connectivity index (χ0n) is 10.4. The van der Waals surface area contributed by atoms with Gasteiger partial charge in [0.2, 0.25) is 5.43 Å². The number of hydrogen-bond acceptors (Lipinski definition) is 3. The first kappa shape index (κ1) is 14.0. The van der Waals surface area contributed by atoms with E-state index in [2.05, 4.69) is 6.58 Å². The number of ether oxygens (including phenoxy) is 1. The van der Waals surface area contributed by atoms with Crippen LogP contribution in [0.5, 0.6) is 5.75 Å². The number of carbonyl (C=O) groups is 1. The zero-order chi connectivity index (χ0) is 13.5. The van der Waals surface area contributed by atoms with Crippen molar-refractivity contribution in [3.63, 3.8) is 0 Å². The molecule has 98 valence electrons. The molecule has 1 N–H and O–H groups in total. The molecule has 0 fully saturated rings. The van der Waals surface area contributed by atoms with Gasteiger partial charge in [-0.05, 0) is 6.42 Å². The average molecular weight is 251 g/mol. The van der Waals surface area contributed by atoms with Crippen molar-refractivity contribution >= 4 is 5.97 Å². The molecule has 5 heteroatoms. The van der Waals surface area contributed by atoms with Gasteiger partial charge in [0.1, 0.15) is 0 Å². The van der Waals surface area contributed by atoms with Gasteiger partial charge in [-0.2, -0.15) is 0 Å². The molecule has 0 radical (unpaired) electrons. The Morgan fingerprint density at radius 2 is 2.33 bits per heavy atom. The van der Waals surface area contributed by atoms with Crippen LogP contribution in [0, 0.1) is 0 Å². The van der Waals surface area contributed by atoms with Crippen molar-refractivity contribution < 1.29 is 14.6 Å². The minimum Gasteiger partial charge on any atom is -0.487 e. The molecular formula is C13H17NO4. The second kappa shape index (κ2) is 6.64. The second-order valence-corrected chi connectivity index (χ2v) is 3.81. The van der Waals surface area contributed by atoms with Crippen LogP contribution < -0.4 is 10.2 Å². The Hall–Kier alpha value is -2.04. The van der Waals surface area contributed by atoms with Gasteiger partial charge in [0.15, 0.2) is 11.4 Å². The lowest BCUT2D eigenvalue weighted by Gasteiger charge is -2.13. The highest BCUT2D eigenvalue weighted by molar-refractivity contribution is 5.88. The third-order valence-corrected chi connectivity index (χ3v) is 2.40. The Bertz CT molecular complexity index is 490. The summed E-state index contributed by atoms with van der Waals surface area (Å²) in [7, 11) is 0. The molecule has 0 aliphatic rings. The maximum absolute atomic E-state index is 11.7. The fourth-order valence-corrected chi connectivity index (χ4v) is 1.52. The molecule has 0 aliphatic carbocycles. The van der Waals surface area contributed by atoms with Crippen LogP contribution >= 0.6 is 0 Å². The fourth-order valence-electron chi connectivity index (χ4n) is 1.52. The maximum atomic E-state index is 11.7. The Morgan fingerprint density at radius 1 is 1.61 bits per heavy atom. The van der Waals surface area contributed by atoms with E-state index in [1.807, 2.05) is 6.92 Å². The second-order valence-electron chi connectivity index (χ2n) is 3.81. The lowest BCUT2D eigenvalue weighted by molar-refractivity contribution is 0.0678. The van der Waals surface area contributed by atoms with Crippen LogP contribution in [0.3, 0.4) is 0 Å². The molecule has 18 heavy (non-hydrogen) atoms. The fraction of sp³-hybridized carbons (Fsp3) is 0.385. The van der Waals surface area contributed by atoms with Crippen molar-refractivity contribution in [3.05, 3.63) is 40.8 Å². The summed E-state index contributed by atoms with van der Waals surface area (Å²) in [4.78, 5) is 22.9. The van der Waals surface area contributed by atoms with Crippen LogP contribution in [-0.4, -0.2) is 22.2 Å². The highest BCUT2D eigenvalue weighted by Crippen LogP contribution is 2.14. The number of rotatable bonds is 7. The summed E-state index contributed by atoms with van der Waals surface area (Å²) in [5.74, 6) is -1.28. The van der Waals surface area contributed by atoms with Gasteiger partial charge in [-0.15, -0.1) is 6.58 Å². The predicted octanol–water partition coefficient (Wildman–Crippen LogP) is 1.91.